The van der Waals surface area contributed by atoms with Gasteiger partial charge in [-0.3, -0.25) is 4.79 Å². The maximum Gasteiger partial charge on any atom is 0.273 e. The fourth-order valence-electron chi connectivity index (χ4n) is 1.49. The molecule has 1 aromatic rings. The van der Waals surface area contributed by atoms with Crippen LogP contribution in [0.4, 0.5) is 0 Å². The van der Waals surface area contributed by atoms with Gasteiger partial charge in [0.1, 0.15) is 6.26 Å². The molecule has 0 bridgehead atoms. The Balaban J connectivity index is 1.99. The number of carbonyl (C=O) groups excluding carboxylic acids is 1. The van der Waals surface area contributed by atoms with Crippen molar-refractivity contribution in [3.05, 3.63) is 18.4 Å². The van der Waals surface area contributed by atoms with Gasteiger partial charge in [-0.25, -0.2) is 4.98 Å². The minimum atomic E-state index is -0.143. The molecule has 1 amide bonds. The van der Waals surface area contributed by atoms with Crippen LogP contribution < -0.4 is 5.32 Å². The third-order valence-electron chi connectivity index (χ3n) is 2.54. The number of nitrogens with one attached hydrogen (secondary N) is 1. The maximum absolute atomic E-state index is 11.5. The molecule has 0 saturated heterocycles. The predicted molar refractivity (Wildman–Crippen MR) is 46.2 cm³/mol. The molecule has 1 saturated carbocycles. The lowest BCUT2D eigenvalue weighted by Crippen LogP contribution is -2.51. The average Bonchev–Trinajstić information content (AvgIpc) is 2.53. The summed E-state index contributed by atoms with van der Waals surface area (Å²) in [5.74, 6) is -0.143. The highest BCUT2D eigenvalue weighted by molar-refractivity contribution is 5.92. The Labute approximate surface area is 76.3 Å². The van der Waals surface area contributed by atoms with Crippen LogP contribution in [0.15, 0.2) is 17.1 Å². The number of aromatic nitrogens is 1. The lowest BCUT2D eigenvalue weighted by atomic mass is 9.78. The second-order valence-corrected chi connectivity index (χ2v) is 3.74. The van der Waals surface area contributed by atoms with Gasteiger partial charge in [-0.05, 0) is 26.2 Å². The number of amides is 1. The number of nitrogens with zero attached hydrogens (tertiary/aromatic N) is 1. The summed E-state index contributed by atoms with van der Waals surface area (Å²) in [6.45, 7) is 2.05. The zero-order chi connectivity index (χ0) is 9.31. The normalized spacial score (nSPS) is 19.2. The van der Waals surface area contributed by atoms with Crippen molar-refractivity contribution in [1.29, 1.82) is 0 Å². The Kier molecular flexibility index (Phi) is 1.83. The van der Waals surface area contributed by atoms with E-state index in [2.05, 4.69) is 17.2 Å². The summed E-state index contributed by atoms with van der Waals surface area (Å²) >= 11 is 0. The summed E-state index contributed by atoms with van der Waals surface area (Å²) in [4.78, 5) is 15.3. The number of carbonyl (C=O) groups is 1. The predicted octanol–water partition coefficient (Wildman–Crippen LogP) is 1.35. The van der Waals surface area contributed by atoms with Gasteiger partial charge in [0.05, 0.1) is 0 Å². The molecule has 1 fully saturated rings. The first-order valence-corrected chi connectivity index (χ1v) is 4.40. The lowest BCUT2D eigenvalue weighted by molar-refractivity contribution is 0.0845. The Morgan fingerprint density at radius 1 is 1.69 bits per heavy atom. The van der Waals surface area contributed by atoms with E-state index in [1.807, 2.05) is 0 Å². The van der Waals surface area contributed by atoms with Gasteiger partial charge in [-0.1, -0.05) is 0 Å². The Bertz CT molecular complexity index is 301. The second kappa shape index (κ2) is 2.87. The molecule has 13 heavy (non-hydrogen) atoms. The van der Waals surface area contributed by atoms with E-state index in [-0.39, 0.29) is 11.4 Å². The number of hydrogen-bond acceptors (Lipinski definition) is 3. The highest BCUT2D eigenvalue weighted by Gasteiger charge is 2.33. The molecule has 0 spiro atoms. The Morgan fingerprint density at radius 3 is 2.92 bits per heavy atom. The first-order valence-electron chi connectivity index (χ1n) is 4.40. The second-order valence-electron chi connectivity index (χ2n) is 3.74. The summed E-state index contributed by atoms with van der Waals surface area (Å²) in [5.41, 5.74) is 0.337. The summed E-state index contributed by atoms with van der Waals surface area (Å²) in [6.07, 6.45) is 5.91. The van der Waals surface area contributed by atoms with E-state index >= 15 is 0 Å². The van der Waals surface area contributed by atoms with Crippen LogP contribution in [0.5, 0.6) is 0 Å². The summed E-state index contributed by atoms with van der Waals surface area (Å²) < 4.78 is 4.73. The van der Waals surface area contributed by atoms with Crippen LogP contribution in [-0.2, 0) is 0 Å². The van der Waals surface area contributed by atoms with Crippen molar-refractivity contribution in [1.82, 2.24) is 10.3 Å². The van der Waals surface area contributed by atoms with E-state index < -0.39 is 0 Å². The van der Waals surface area contributed by atoms with Crippen LogP contribution >= 0.6 is 0 Å². The molecule has 4 nitrogen and oxygen atoms in total. The molecule has 0 aromatic carbocycles. The van der Waals surface area contributed by atoms with Gasteiger partial charge in [0, 0.05) is 5.54 Å². The highest BCUT2D eigenvalue weighted by Crippen LogP contribution is 2.30. The molecular formula is C9H12N2O2. The fourth-order valence-corrected chi connectivity index (χ4v) is 1.49. The van der Waals surface area contributed by atoms with Crippen LogP contribution in [-0.4, -0.2) is 16.4 Å². The van der Waals surface area contributed by atoms with Crippen molar-refractivity contribution in [2.45, 2.75) is 31.7 Å². The summed E-state index contributed by atoms with van der Waals surface area (Å²) in [6, 6.07) is 0. The molecule has 4 heteroatoms. The van der Waals surface area contributed by atoms with E-state index in [9.17, 15) is 4.79 Å². The molecule has 1 aliphatic carbocycles. The smallest absolute Gasteiger partial charge is 0.273 e. The SMILES string of the molecule is CC1(NC(=O)c2cocn2)CCC1. The van der Waals surface area contributed by atoms with Crippen molar-refractivity contribution in [2.75, 3.05) is 0 Å². The van der Waals surface area contributed by atoms with Crippen molar-refractivity contribution in [3.63, 3.8) is 0 Å². The van der Waals surface area contributed by atoms with E-state index in [4.69, 9.17) is 4.42 Å². The van der Waals surface area contributed by atoms with Crippen molar-refractivity contribution >= 4 is 5.91 Å². The molecule has 0 aliphatic heterocycles. The van der Waals surface area contributed by atoms with E-state index in [1.165, 1.54) is 19.1 Å². The molecule has 1 aromatic heterocycles. The first-order chi connectivity index (χ1) is 6.20. The monoisotopic (exact) mass is 180 g/mol. The summed E-state index contributed by atoms with van der Waals surface area (Å²) in [7, 11) is 0. The third-order valence-corrected chi connectivity index (χ3v) is 2.54. The third kappa shape index (κ3) is 1.56. The highest BCUT2D eigenvalue weighted by atomic mass is 16.3. The number of oxazole rings is 1. The minimum Gasteiger partial charge on any atom is -0.451 e. The minimum absolute atomic E-state index is 0.0178. The van der Waals surface area contributed by atoms with Gasteiger partial charge in [0.25, 0.3) is 5.91 Å². The standard InChI is InChI=1S/C9H12N2O2/c1-9(3-2-4-9)11-8(12)7-5-13-6-10-7/h5-6H,2-4H2,1H3,(H,11,12). The fraction of sp³-hybridized carbons (Fsp3) is 0.556. The summed E-state index contributed by atoms with van der Waals surface area (Å²) in [5, 5.41) is 2.93. The van der Waals surface area contributed by atoms with Gasteiger partial charge in [0.15, 0.2) is 12.1 Å². The van der Waals surface area contributed by atoms with Crippen molar-refractivity contribution in [2.24, 2.45) is 0 Å². The van der Waals surface area contributed by atoms with Crippen molar-refractivity contribution < 1.29 is 9.21 Å². The molecule has 0 atom stereocenters. The topological polar surface area (TPSA) is 55.1 Å². The maximum atomic E-state index is 11.5. The number of rotatable bonds is 2. The van der Waals surface area contributed by atoms with Gasteiger partial charge >= 0.3 is 0 Å². The van der Waals surface area contributed by atoms with Gasteiger partial charge in [-0.15, -0.1) is 0 Å². The van der Waals surface area contributed by atoms with E-state index in [1.54, 1.807) is 0 Å². The van der Waals surface area contributed by atoms with Crippen molar-refractivity contribution in [3.8, 4) is 0 Å². The molecular weight excluding hydrogens is 168 g/mol. The van der Waals surface area contributed by atoms with Crippen LogP contribution in [0.25, 0.3) is 0 Å². The Hall–Kier alpha value is -1.32. The zero-order valence-electron chi connectivity index (χ0n) is 7.54. The number of hydrogen-bond donors (Lipinski definition) is 1. The van der Waals surface area contributed by atoms with Crippen LogP contribution in [0.1, 0.15) is 36.7 Å². The zero-order valence-corrected chi connectivity index (χ0v) is 7.54. The quantitative estimate of drug-likeness (QED) is 0.747. The largest absolute Gasteiger partial charge is 0.451 e. The molecule has 0 radical (unpaired) electrons. The van der Waals surface area contributed by atoms with Crippen LogP contribution in [0.3, 0.4) is 0 Å². The molecule has 2 rings (SSSR count). The van der Waals surface area contributed by atoms with E-state index in [0.717, 1.165) is 12.8 Å². The molecule has 1 aliphatic rings. The van der Waals surface area contributed by atoms with Gasteiger partial charge < -0.3 is 9.73 Å². The molecule has 70 valence electrons. The van der Waals surface area contributed by atoms with Gasteiger partial charge in [-0.2, -0.15) is 0 Å². The molecule has 0 unspecified atom stereocenters. The Morgan fingerprint density at radius 2 is 2.46 bits per heavy atom. The van der Waals surface area contributed by atoms with Gasteiger partial charge in [0.2, 0.25) is 0 Å². The average molecular weight is 180 g/mol. The molecule has 1 N–H and O–H groups in total. The van der Waals surface area contributed by atoms with Crippen LogP contribution in [0.2, 0.25) is 0 Å². The van der Waals surface area contributed by atoms with Crippen LogP contribution in [0, 0.1) is 0 Å². The molecule has 1 heterocycles. The van der Waals surface area contributed by atoms with E-state index in [0.29, 0.717) is 5.69 Å². The lowest BCUT2D eigenvalue weighted by Gasteiger charge is -2.38. The first kappa shape index (κ1) is 8.29.